The number of rotatable bonds is 6. The Balaban J connectivity index is 1.75. The molecular weight excluding hydrogens is 412 g/mol. The van der Waals surface area contributed by atoms with Gasteiger partial charge in [0.2, 0.25) is 0 Å². The van der Waals surface area contributed by atoms with Crippen LogP contribution in [-0.2, 0) is 4.79 Å². The van der Waals surface area contributed by atoms with Crippen LogP contribution < -0.4 is 10.2 Å². The number of furan rings is 1. The zero-order valence-corrected chi connectivity index (χ0v) is 18.5. The Bertz CT molecular complexity index is 1020. The van der Waals surface area contributed by atoms with E-state index in [1.165, 1.54) is 11.3 Å². The molecule has 1 aliphatic carbocycles. The van der Waals surface area contributed by atoms with Crippen LogP contribution in [0.3, 0.4) is 0 Å². The summed E-state index contributed by atoms with van der Waals surface area (Å²) in [5, 5.41) is 8.70. The average Bonchev–Trinajstić information content (AvgIpc) is 3.45. The Morgan fingerprint density at radius 1 is 1.10 bits per heavy atom. The van der Waals surface area contributed by atoms with E-state index in [0.29, 0.717) is 17.2 Å². The summed E-state index contributed by atoms with van der Waals surface area (Å²) in [6, 6.07) is 10.2. The van der Waals surface area contributed by atoms with Crippen LogP contribution in [0.15, 0.2) is 46.2 Å². The first-order chi connectivity index (χ1) is 15.0. The largest absolute Gasteiger partial charge is 0.464 e. The van der Waals surface area contributed by atoms with Crippen molar-refractivity contribution in [3.05, 3.63) is 64.6 Å². The Kier molecular flexibility index (Phi) is 6.46. The van der Waals surface area contributed by atoms with E-state index in [-0.39, 0.29) is 17.6 Å². The lowest BCUT2D eigenvalue weighted by atomic mass is 9.95. The summed E-state index contributed by atoms with van der Waals surface area (Å²) >= 11 is 1.10. The summed E-state index contributed by atoms with van der Waals surface area (Å²) in [5.74, 6) is 0.453. The summed E-state index contributed by atoms with van der Waals surface area (Å²) in [6.07, 6.45) is 5.29. The number of amides is 2. The lowest BCUT2D eigenvalue weighted by Gasteiger charge is -2.31. The molecule has 1 atom stereocenters. The number of carbonyl (C=O) groups excluding carboxylic acids is 2. The first-order valence-electron chi connectivity index (χ1n) is 10.6. The fourth-order valence-corrected chi connectivity index (χ4v) is 4.40. The molecule has 0 aliphatic heterocycles. The maximum Gasteiger partial charge on any atom is 0.280 e. The van der Waals surface area contributed by atoms with Crippen molar-refractivity contribution < 1.29 is 14.0 Å². The molecule has 31 heavy (non-hydrogen) atoms. The topological polar surface area (TPSA) is 88.3 Å². The van der Waals surface area contributed by atoms with Crippen LogP contribution in [0.2, 0.25) is 0 Å². The van der Waals surface area contributed by atoms with E-state index in [1.54, 1.807) is 17.5 Å². The van der Waals surface area contributed by atoms with Crippen molar-refractivity contribution in [2.24, 2.45) is 0 Å². The number of nitrogens with one attached hydrogen (secondary N) is 1. The fraction of sp³-hybridized carbons (Fsp3) is 0.391. The van der Waals surface area contributed by atoms with Crippen molar-refractivity contribution in [3.63, 3.8) is 0 Å². The van der Waals surface area contributed by atoms with Crippen molar-refractivity contribution in [2.75, 3.05) is 4.90 Å². The van der Waals surface area contributed by atoms with Crippen molar-refractivity contribution in [3.8, 4) is 0 Å². The molecule has 0 spiro atoms. The maximum atomic E-state index is 13.6. The molecule has 2 heterocycles. The van der Waals surface area contributed by atoms with Crippen LogP contribution in [0.25, 0.3) is 0 Å². The van der Waals surface area contributed by atoms with Crippen LogP contribution in [0.1, 0.15) is 65.7 Å². The van der Waals surface area contributed by atoms with Gasteiger partial charge in [0.15, 0.2) is 11.7 Å². The van der Waals surface area contributed by atoms with Crippen LogP contribution in [0.4, 0.5) is 5.69 Å². The second kappa shape index (κ2) is 9.43. The quantitative estimate of drug-likeness (QED) is 0.608. The minimum absolute atomic E-state index is 0.107. The van der Waals surface area contributed by atoms with E-state index >= 15 is 0 Å². The molecule has 1 fully saturated rings. The zero-order chi connectivity index (χ0) is 21.8. The van der Waals surface area contributed by atoms with E-state index in [4.69, 9.17) is 4.42 Å². The van der Waals surface area contributed by atoms with Gasteiger partial charge in [0, 0.05) is 17.1 Å². The number of hydrogen-bond acceptors (Lipinski definition) is 6. The summed E-state index contributed by atoms with van der Waals surface area (Å²) < 4.78 is 9.69. The molecule has 2 aromatic heterocycles. The lowest BCUT2D eigenvalue weighted by Crippen LogP contribution is -2.47. The first kappa shape index (κ1) is 21.2. The van der Waals surface area contributed by atoms with Gasteiger partial charge >= 0.3 is 0 Å². The molecular formula is C23H26N4O3S. The van der Waals surface area contributed by atoms with Gasteiger partial charge in [-0.15, -0.1) is 5.10 Å². The predicted octanol–water partition coefficient (Wildman–Crippen LogP) is 4.58. The molecule has 3 aromatic rings. The standard InChI is InChI=1S/C23H26N4O3S/c1-15-8-11-18(12-9-15)27(23(29)19-14-31-26-25-19)21(20-13-10-16(2)30-20)22(28)24-17-6-4-3-5-7-17/h8-14,17,21H,3-7H2,1-2H3,(H,24,28)/t21-/m0/s1. The van der Waals surface area contributed by atoms with Crippen LogP contribution in [-0.4, -0.2) is 27.4 Å². The van der Waals surface area contributed by atoms with E-state index in [1.807, 2.05) is 38.1 Å². The molecule has 162 valence electrons. The number of hydrogen-bond donors (Lipinski definition) is 1. The molecule has 0 unspecified atom stereocenters. The van der Waals surface area contributed by atoms with Gasteiger partial charge in [-0.3, -0.25) is 14.5 Å². The highest BCUT2D eigenvalue weighted by atomic mass is 32.1. The number of benzene rings is 1. The van der Waals surface area contributed by atoms with E-state index in [9.17, 15) is 9.59 Å². The summed E-state index contributed by atoms with van der Waals surface area (Å²) in [4.78, 5) is 28.6. The van der Waals surface area contributed by atoms with Crippen molar-refractivity contribution in [2.45, 2.75) is 58.0 Å². The van der Waals surface area contributed by atoms with Gasteiger partial charge in [0.1, 0.15) is 11.5 Å². The number of aromatic nitrogens is 2. The van der Waals surface area contributed by atoms with Crippen molar-refractivity contribution in [1.82, 2.24) is 14.9 Å². The lowest BCUT2D eigenvalue weighted by molar-refractivity contribution is -0.123. The second-order valence-electron chi connectivity index (χ2n) is 8.00. The van der Waals surface area contributed by atoms with Gasteiger partial charge in [0.05, 0.1) is 0 Å². The summed E-state index contributed by atoms with van der Waals surface area (Å²) in [6.45, 7) is 3.80. The molecule has 8 heteroatoms. The molecule has 0 radical (unpaired) electrons. The highest BCUT2D eigenvalue weighted by Gasteiger charge is 2.37. The molecule has 1 aliphatic rings. The van der Waals surface area contributed by atoms with Gasteiger partial charge < -0.3 is 9.73 Å². The molecule has 4 rings (SSSR count). The monoisotopic (exact) mass is 438 g/mol. The Labute approximate surface area is 185 Å². The molecule has 1 saturated carbocycles. The van der Waals surface area contributed by atoms with Gasteiger partial charge in [-0.05, 0) is 62.5 Å². The molecule has 1 aromatic carbocycles. The number of anilines is 1. The van der Waals surface area contributed by atoms with Crippen LogP contribution >= 0.6 is 11.5 Å². The normalized spacial score (nSPS) is 15.4. The SMILES string of the molecule is Cc1ccc(N(C(=O)c2csnn2)[C@H](C(=O)NC2CCCCC2)c2ccc(C)o2)cc1. The van der Waals surface area contributed by atoms with Crippen molar-refractivity contribution in [1.29, 1.82) is 0 Å². The third kappa shape index (κ3) is 4.85. The van der Waals surface area contributed by atoms with Gasteiger partial charge in [-0.25, -0.2) is 0 Å². The van der Waals surface area contributed by atoms with Crippen LogP contribution in [0.5, 0.6) is 0 Å². The van der Waals surface area contributed by atoms with Gasteiger partial charge in [-0.1, -0.05) is 41.4 Å². The van der Waals surface area contributed by atoms with E-state index in [2.05, 4.69) is 14.9 Å². The smallest absolute Gasteiger partial charge is 0.280 e. The number of nitrogens with zero attached hydrogens (tertiary/aromatic N) is 3. The fourth-order valence-electron chi connectivity index (χ4n) is 3.97. The maximum absolute atomic E-state index is 13.6. The third-order valence-corrected chi connectivity index (χ3v) is 6.10. The molecule has 0 saturated heterocycles. The highest BCUT2D eigenvalue weighted by molar-refractivity contribution is 7.03. The minimum atomic E-state index is -0.951. The molecule has 1 N–H and O–H groups in total. The summed E-state index contributed by atoms with van der Waals surface area (Å²) in [5.41, 5.74) is 1.86. The van der Waals surface area contributed by atoms with Crippen LogP contribution in [0, 0.1) is 13.8 Å². The van der Waals surface area contributed by atoms with E-state index in [0.717, 1.165) is 42.8 Å². The Morgan fingerprint density at radius 3 is 2.45 bits per heavy atom. The molecule has 0 bridgehead atoms. The van der Waals surface area contributed by atoms with Crippen molar-refractivity contribution >= 4 is 29.0 Å². The average molecular weight is 439 g/mol. The highest BCUT2D eigenvalue weighted by Crippen LogP contribution is 2.31. The minimum Gasteiger partial charge on any atom is -0.464 e. The molecule has 2 amide bonds. The molecule has 7 nitrogen and oxygen atoms in total. The number of aryl methyl sites for hydroxylation is 2. The Hall–Kier alpha value is -3.00. The third-order valence-electron chi connectivity index (χ3n) is 5.60. The zero-order valence-electron chi connectivity index (χ0n) is 17.7. The van der Waals surface area contributed by atoms with Gasteiger partial charge in [-0.2, -0.15) is 0 Å². The number of carbonyl (C=O) groups is 2. The predicted molar refractivity (Wildman–Crippen MR) is 119 cm³/mol. The Morgan fingerprint density at radius 2 is 1.84 bits per heavy atom. The second-order valence-corrected chi connectivity index (χ2v) is 8.61. The summed E-state index contributed by atoms with van der Waals surface area (Å²) in [7, 11) is 0. The van der Waals surface area contributed by atoms with E-state index < -0.39 is 11.9 Å². The van der Waals surface area contributed by atoms with Gasteiger partial charge in [0.25, 0.3) is 11.8 Å². The first-order valence-corrected chi connectivity index (χ1v) is 11.4.